The van der Waals surface area contributed by atoms with Crippen molar-refractivity contribution in [3.8, 4) is 0 Å². The summed E-state index contributed by atoms with van der Waals surface area (Å²) in [4.78, 5) is 23.7. The van der Waals surface area contributed by atoms with Crippen molar-refractivity contribution < 1.29 is 19.1 Å². The van der Waals surface area contributed by atoms with Crippen molar-refractivity contribution in [3.05, 3.63) is 34.6 Å². The number of benzene rings is 1. The van der Waals surface area contributed by atoms with Gasteiger partial charge in [-0.2, -0.15) is 0 Å². The van der Waals surface area contributed by atoms with Gasteiger partial charge in [0.1, 0.15) is 11.2 Å². The van der Waals surface area contributed by atoms with Gasteiger partial charge in [-0.15, -0.1) is 11.8 Å². The third kappa shape index (κ3) is 2.55. The smallest absolute Gasteiger partial charge is 0.221 e. The highest BCUT2D eigenvalue weighted by Crippen LogP contribution is 2.44. The van der Waals surface area contributed by atoms with Gasteiger partial charge in [-0.25, -0.2) is 4.39 Å². The molecule has 1 aromatic carbocycles. The Bertz CT molecular complexity index is 519. The lowest BCUT2D eigenvalue weighted by Gasteiger charge is -2.29. The Morgan fingerprint density at radius 1 is 1.53 bits per heavy atom. The number of aliphatic carboxylic acids is 1. The summed E-state index contributed by atoms with van der Waals surface area (Å²) >= 11 is 7.11. The van der Waals surface area contributed by atoms with E-state index in [1.165, 1.54) is 25.1 Å². The predicted octanol–water partition coefficient (Wildman–Crippen LogP) is 1.19. The number of thioether (sulfide) groups is 1. The molecule has 102 valence electrons. The van der Waals surface area contributed by atoms with Gasteiger partial charge in [0.2, 0.25) is 5.91 Å². The molecule has 1 aliphatic heterocycles. The highest BCUT2D eigenvalue weighted by Gasteiger charge is 2.39. The van der Waals surface area contributed by atoms with Crippen LogP contribution in [0.2, 0.25) is 5.02 Å². The average molecular weight is 303 g/mol. The molecule has 0 radical (unpaired) electrons. The maximum Gasteiger partial charge on any atom is 0.221 e. The molecule has 2 atom stereocenters. The number of nitrogens with zero attached hydrogens (tertiary/aromatic N) is 1. The van der Waals surface area contributed by atoms with Gasteiger partial charge in [0.25, 0.3) is 0 Å². The third-order valence-corrected chi connectivity index (χ3v) is 4.50. The van der Waals surface area contributed by atoms with Crippen LogP contribution in [-0.2, 0) is 9.59 Å². The lowest BCUT2D eigenvalue weighted by molar-refractivity contribution is -0.310. The Morgan fingerprint density at radius 3 is 2.74 bits per heavy atom. The van der Waals surface area contributed by atoms with Gasteiger partial charge >= 0.3 is 0 Å². The van der Waals surface area contributed by atoms with Crippen molar-refractivity contribution in [1.29, 1.82) is 0 Å². The van der Waals surface area contributed by atoms with E-state index < -0.39 is 29.1 Å². The molecule has 0 bridgehead atoms. The lowest BCUT2D eigenvalue weighted by atomic mass is 10.1. The molecule has 4 nitrogen and oxygen atoms in total. The van der Waals surface area contributed by atoms with E-state index in [1.54, 1.807) is 0 Å². The summed E-state index contributed by atoms with van der Waals surface area (Å²) in [5.41, 5.74) is 0.133. The Hall–Kier alpha value is -1.27. The fraction of sp³-hybridized carbons (Fsp3) is 0.333. The van der Waals surface area contributed by atoms with Gasteiger partial charge in [0.15, 0.2) is 0 Å². The van der Waals surface area contributed by atoms with Crippen LogP contribution in [0.1, 0.15) is 17.9 Å². The Kier molecular flexibility index (Phi) is 4.01. The topological polar surface area (TPSA) is 60.4 Å². The van der Waals surface area contributed by atoms with Crippen molar-refractivity contribution in [2.45, 2.75) is 18.3 Å². The fourth-order valence-electron chi connectivity index (χ4n) is 2.04. The molecular weight excluding hydrogens is 293 g/mol. The minimum atomic E-state index is -1.35. The van der Waals surface area contributed by atoms with E-state index in [2.05, 4.69) is 0 Å². The van der Waals surface area contributed by atoms with E-state index >= 15 is 0 Å². The van der Waals surface area contributed by atoms with Crippen LogP contribution >= 0.6 is 23.4 Å². The summed E-state index contributed by atoms with van der Waals surface area (Å²) in [6, 6.07) is 3.12. The van der Waals surface area contributed by atoms with Crippen LogP contribution in [0, 0.1) is 5.82 Å². The summed E-state index contributed by atoms with van der Waals surface area (Å²) in [6.45, 7) is 1.24. The van der Waals surface area contributed by atoms with Crippen LogP contribution in [0.4, 0.5) is 4.39 Å². The molecule has 19 heavy (non-hydrogen) atoms. The molecule has 0 N–H and O–H groups in total. The molecule has 0 spiro atoms. The first-order chi connectivity index (χ1) is 8.93. The predicted molar refractivity (Wildman–Crippen MR) is 67.9 cm³/mol. The minimum absolute atomic E-state index is 0.133. The van der Waals surface area contributed by atoms with Gasteiger partial charge in [-0.05, 0) is 12.1 Å². The fourth-order valence-corrected chi connectivity index (χ4v) is 3.90. The molecule has 1 aromatic rings. The molecular formula is C12H10ClFNO3S-. The second-order valence-electron chi connectivity index (χ2n) is 4.08. The standard InChI is InChI=1S/C12H11ClFNO3S/c1-6(16)15-9(12(17)18)5-19-11(15)10-7(13)3-2-4-8(10)14/h2-4,9,11H,5H2,1H3,(H,17,18)/p-1/t9-,11-/m0/s1. The summed E-state index contributed by atoms with van der Waals surface area (Å²) < 4.78 is 13.9. The molecule has 0 aromatic heterocycles. The zero-order chi connectivity index (χ0) is 14.2. The second kappa shape index (κ2) is 5.38. The van der Waals surface area contributed by atoms with Crippen LogP contribution in [0.15, 0.2) is 18.2 Å². The average Bonchev–Trinajstić information content (AvgIpc) is 2.73. The maximum absolute atomic E-state index is 13.9. The van der Waals surface area contributed by atoms with Crippen molar-refractivity contribution in [2.75, 3.05) is 5.75 Å². The summed E-state index contributed by atoms with van der Waals surface area (Å²) in [7, 11) is 0. The third-order valence-electron chi connectivity index (χ3n) is 2.88. The Balaban J connectivity index is 2.45. The second-order valence-corrected chi connectivity index (χ2v) is 5.60. The van der Waals surface area contributed by atoms with E-state index in [0.29, 0.717) is 0 Å². The number of carbonyl (C=O) groups excluding carboxylic acids is 2. The monoisotopic (exact) mass is 302 g/mol. The molecule has 0 aliphatic carbocycles. The largest absolute Gasteiger partial charge is 0.548 e. The quantitative estimate of drug-likeness (QED) is 0.823. The summed E-state index contributed by atoms with van der Waals surface area (Å²) in [6.07, 6.45) is 0. The van der Waals surface area contributed by atoms with Crippen LogP contribution in [0.5, 0.6) is 0 Å². The molecule has 1 fully saturated rings. The molecule has 0 unspecified atom stereocenters. The van der Waals surface area contributed by atoms with Crippen LogP contribution in [-0.4, -0.2) is 28.6 Å². The van der Waals surface area contributed by atoms with Crippen molar-refractivity contribution in [2.24, 2.45) is 0 Å². The van der Waals surface area contributed by atoms with Crippen molar-refractivity contribution >= 4 is 35.2 Å². The summed E-state index contributed by atoms with van der Waals surface area (Å²) in [5, 5.41) is 10.4. The number of carboxylic acids is 1. The van der Waals surface area contributed by atoms with Crippen molar-refractivity contribution in [1.82, 2.24) is 4.90 Å². The van der Waals surface area contributed by atoms with Gasteiger partial charge < -0.3 is 14.8 Å². The number of rotatable bonds is 2. The number of carboxylic acid groups (broad SMARTS) is 1. The number of halogens is 2. The first-order valence-corrected chi connectivity index (χ1v) is 6.91. The van der Waals surface area contributed by atoms with E-state index in [4.69, 9.17) is 11.6 Å². The van der Waals surface area contributed by atoms with E-state index in [-0.39, 0.29) is 16.3 Å². The first kappa shape index (κ1) is 14.1. The van der Waals surface area contributed by atoms with E-state index in [9.17, 15) is 19.1 Å². The molecule has 1 saturated heterocycles. The van der Waals surface area contributed by atoms with Gasteiger partial charge in [0.05, 0.1) is 12.0 Å². The molecule has 7 heteroatoms. The Morgan fingerprint density at radius 2 is 2.21 bits per heavy atom. The SMILES string of the molecule is CC(=O)N1[C@H](C(=O)[O-])CS[C@H]1c1c(F)cccc1Cl. The van der Waals surface area contributed by atoms with Crippen molar-refractivity contribution in [3.63, 3.8) is 0 Å². The minimum Gasteiger partial charge on any atom is -0.548 e. The maximum atomic E-state index is 13.9. The first-order valence-electron chi connectivity index (χ1n) is 5.48. The van der Waals surface area contributed by atoms with Gasteiger partial charge in [-0.1, -0.05) is 17.7 Å². The van der Waals surface area contributed by atoms with E-state index in [0.717, 1.165) is 16.7 Å². The van der Waals surface area contributed by atoms with E-state index in [1.807, 2.05) is 0 Å². The zero-order valence-electron chi connectivity index (χ0n) is 9.93. The number of hydrogen-bond donors (Lipinski definition) is 0. The highest BCUT2D eigenvalue weighted by molar-refractivity contribution is 7.99. The number of amides is 1. The molecule has 1 heterocycles. The van der Waals surface area contributed by atoms with Crippen LogP contribution in [0.3, 0.4) is 0 Å². The molecule has 2 rings (SSSR count). The van der Waals surface area contributed by atoms with Crippen LogP contribution < -0.4 is 5.11 Å². The zero-order valence-corrected chi connectivity index (χ0v) is 11.5. The highest BCUT2D eigenvalue weighted by atomic mass is 35.5. The lowest BCUT2D eigenvalue weighted by Crippen LogP contribution is -2.48. The van der Waals surface area contributed by atoms with Gasteiger partial charge in [0, 0.05) is 23.3 Å². The summed E-state index contributed by atoms with van der Waals surface area (Å²) in [5.74, 6) is -2.21. The number of carbonyl (C=O) groups is 2. The molecule has 0 saturated carbocycles. The molecule has 1 amide bonds. The van der Waals surface area contributed by atoms with Crippen LogP contribution in [0.25, 0.3) is 0 Å². The van der Waals surface area contributed by atoms with Gasteiger partial charge in [-0.3, -0.25) is 4.79 Å². The normalized spacial score (nSPS) is 22.6. The molecule has 1 aliphatic rings. The number of hydrogen-bond acceptors (Lipinski definition) is 4. The Labute approximate surface area is 118 Å².